The van der Waals surface area contributed by atoms with E-state index < -0.39 is 0 Å². The van der Waals surface area contributed by atoms with E-state index in [1.165, 1.54) is 24.4 Å². The Labute approximate surface area is 263 Å². The molecule has 0 radical (unpaired) electrons. The molecule has 0 spiro atoms. The van der Waals surface area contributed by atoms with E-state index in [2.05, 4.69) is 44.7 Å². The summed E-state index contributed by atoms with van der Waals surface area (Å²) >= 11 is 13.2. The van der Waals surface area contributed by atoms with Gasteiger partial charge in [0.2, 0.25) is 11.8 Å². The lowest BCUT2D eigenvalue weighted by Gasteiger charge is -2.35. The number of aryl methyl sites for hydroxylation is 1. The fourth-order valence-corrected chi connectivity index (χ4v) is 5.77. The highest BCUT2D eigenvalue weighted by Gasteiger charge is 2.22. The van der Waals surface area contributed by atoms with Gasteiger partial charge in [-0.2, -0.15) is 0 Å². The first kappa shape index (κ1) is 32.3. The molecule has 1 fully saturated rings. The summed E-state index contributed by atoms with van der Waals surface area (Å²) in [5.41, 5.74) is 4.68. The number of hydrogen-bond donors (Lipinski definition) is 1. The smallest absolute Gasteiger partial charge is 0.247 e. The second-order valence-electron chi connectivity index (χ2n) is 10.3. The molecule has 0 saturated carbocycles. The van der Waals surface area contributed by atoms with Gasteiger partial charge in [0.05, 0.1) is 24.2 Å². The standard InChI is InChI=1S/C32H38Cl2N6O3/c1-6-21-16-27(43-5)32(34)25(31(21)33)19-30(42)38(4)28-17-23(35-20-36-28)15-22-9-10-24(18-26(22)37-29(41)7-2)40-13-11-39(8-3)12-14-40/h7,9-10,16-18,20H,2,6,8,11-15,19H2,1,3-5H3,(H,37,41). The van der Waals surface area contributed by atoms with Crippen molar-refractivity contribution in [3.63, 3.8) is 0 Å². The van der Waals surface area contributed by atoms with Crippen molar-refractivity contribution in [2.24, 2.45) is 0 Å². The van der Waals surface area contributed by atoms with Gasteiger partial charge in [0.15, 0.2) is 0 Å². The van der Waals surface area contributed by atoms with Gasteiger partial charge in [0.1, 0.15) is 17.9 Å². The number of methoxy groups -OCH3 is 1. The first-order valence-corrected chi connectivity index (χ1v) is 15.1. The van der Waals surface area contributed by atoms with Gasteiger partial charge >= 0.3 is 0 Å². The number of rotatable bonds is 11. The molecule has 0 atom stereocenters. The highest BCUT2D eigenvalue weighted by Crippen LogP contribution is 2.37. The third-order valence-corrected chi connectivity index (χ3v) is 8.67. The summed E-state index contributed by atoms with van der Waals surface area (Å²) in [6.07, 6.45) is 3.75. The molecule has 1 aliphatic heterocycles. The Balaban J connectivity index is 1.55. The number of nitrogens with one attached hydrogen (secondary N) is 1. The minimum Gasteiger partial charge on any atom is -0.495 e. The van der Waals surface area contributed by atoms with Gasteiger partial charge in [0, 0.05) is 67.7 Å². The molecule has 228 valence electrons. The molecule has 9 nitrogen and oxygen atoms in total. The van der Waals surface area contributed by atoms with E-state index in [1.807, 2.05) is 19.1 Å². The van der Waals surface area contributed by atoms with Crippen molar-refractivity contribution in [2.45, 2.75) is 33.1 Å². The van der Waals surface area contributed by atoms with Crippen LogP contribution in [0.4, 0.5) is 17.2 Å². The summed E-state index contributed by atoms with van der Waals surface area (Å²) in [4.78, 5) is 40.7. The molecule has 3 aromatic rings. The van der Waals surface area contributed by atoms with E-state index in [1.54, 1.807) is 19.2 Å². The predicted molar refractivity (Wildman–Crippen MR) is 174 cm³/mol. The number of nitrogens with zero attached hydrogens (tertiary/aromatic N) is 5. The number of carbonyl (C=O) groups excluding carboxylic acids is 2. The summed E-state index contributed by atoms with van der Waals surface area (Å²) in [5.74, 6) is 0.383. The molecule has 0 unspecified atom stereocenters. The number of piperazine rings is 1. The SMILES string of the molecule is C=CC(=O)Nc1cc(N2CCN(CC)CC2)ccc1Cc1cc(N(C)C(=O)Cc2c(Cl)c(CC)cc(OC)c2Cl)ncn1. The molecule has 1 N–H and O–H groups in total. The molecule has 2 amide bonds. The number of likely N-dealkylation sites (N-methyl/N-ethyl adjacent to an activating group) is 2. The van der Waals surface area contributed by atoms with Crippen LogP contribution in [0.5, 0.6) is 5.75 Å². The van der Waals surface area contributed by atoms with Crippen molar-refractivity contribution >= 4 is 52.2 Å². The van der Waals surface area contributed by atoms with Crippen LogP contribution in [0.2, 0.25) is 10.0 Å². The van der Waals surface area contributed by atoms with Crippen LogP contribution in [0.1, 0.15) is 36.2 Å². The van der Waals surface area contributed by atoms with E-state index in [9.17, 15) is 9.59 Å². The number of benzene rings is 2. The number of carbonyl (C=O) groups is 2. The maximum absolute atomic E-state index is 13.4. The monoisotopic (exact) mass is 624 g/mol. The quantitative estimate of drug-likeness (QED) is 0.285. The largest absolute Gasteiger partial charge is 0.495 e. The van der Waals surface area contributed by atoms with Gasteiger partial charge < -0.3 is 19.9 Å². The lowest BCUT2D eigenvalue weighted by molar-refractivity contribution is -0.117. The number of hydrogen-bond acceptors (Lipinski definition) is 7. The predicted octanol–water partition coefficient (Wildman–Crippen LogP) is 5.42. The molecule has 0 bridgehead atoms. The zero-order valence-electron chi connectivity index (χ0n) is 25.1. The number of anilines is 3. The van der Waals surface area contributed by atoms with Crippen LogP contribution >= 0.6 is 23.2 Å². The van der Waals surface area contributed by atoms with Gasteiger partial charge in [-0.15, -0.1) is 0 Å². The van der Waals surface area contributed by atoms with Crippen LogP contribution in [0.15, 0.2) is 49.3 Å². The van der Waals surface area contributed by atoms with Gasteiger partial charge in [-0.1, -0.05) is 49.7 Å². The maximum Gasteiger partial charge on any atom is 0.247 e. The topological polar surface area (TPSA) is 90.9 Å². The van der Waals surface area contributed by atoms with Crippen LogP contribution in [0.25, 0.3) is 0 Å². The number of halogens is 2. The molecule has 4 rings (SSSR count). The summed E-state index contributed by atoms with van der Waals surface area (Å²) in [6, 6.07) is 9.65. The van der Waals surface area contributed by atoms with E-state index in [4.69, 9.17) is 27.9 Å². The summed E-state index contributed by atoms with van der Waals surface area (Å²) in [6.45, 7) is 12.6. The Morgan fingerprint density at radius 2 is 1.81 bits per heavy atom. The summed E-state index contributed by atoms with van der Waals surface area (Å²) in [7, 11) is 3.18. The Hall–Kier alpha value is -3.66. The zero-order chi connectivity index (χ0) is 31.1. The molecule has 2 aromatic carbocycles. The molecule has 2 heterocycles. The Kier molecular flexibility index (Phi) is 11.0. The molecule has 11 heteroatoms. The van der Waals surface area contributed by atoms with E-state index in [0.29, 0.717) is 51.4 Å². The van der Waals surface area contributed by atoms with Crippen LogP contribution in [0, 0.1) is 0 Å². The molecule has 1 aromatic heterocycles. The van der Waals surface area contributed by atoms with E-state index >= 15 is 0 Å². The van der Waals surface area contributed by atoms with Crippen LogP contribution in [0.3, 0.4) is 0 Å². The number of ether oxygens (including phenoxy) is 1. The molecule has 0 aliphatic carbocycles. The molecular formula is C32H38Cl2N6O3. The number of aromatic nitrogens is 2. The van der Waals surface area contributed by atoms with Gasteiger partial charge in [-0.3, -0.25) is 14.5 Å². The summed E-state index contributed by atoms with van der Waals surface area (Å²) < 4.78 is 5.40. The second kappa shape index (κ2) is 14.7. The second-order valence-corrected chi connectivity index (χ2v) is 11.1. The van der Waals surface area contributed by atoms with Gasteiger partial charge in [-0.25, -0.2) is 9.97 Å². The Bertz CT molecular complexity index is 1460. The van der Waals surface area contributed by atoms with Gasteiger partial charge in [-0.05, 0) is 48.4 Å². The fraction of sp³-hybridized carbons (Fsp3) is 0.375. The normalized spacial score (nSPS) is 13.5. The van der Waals surface area contributed by atoms with E-state index in [-0.39, 0.29) is 18.2 Å². The zero-order valence-corrected chi connectivity index (χ0v) is 26.6. The van der Waals surface area contributed by atoms with E-state index in [0.717, 1.165) is 49.5 Å². The molecule has 1 saturated heterocycles. The van der Waals surface area contributed by atoms with Crippen molar-refractivity contribution in [3.05, 3.63) is 81.7 Å². The average Bonchev–Trinajstić information content (AvgIpc) is 3.03. The highest BCUT2D eigenvalue weighted by atomic mass is 35.5. The molecule has 1 aliphatic rings. The minimum absolute atomic E-state index is 0.0244. The average molecular weight is 626 g/mol. The van der Waals surface area contributed by atoms with Crippen LogP contribution < -0.4 is 19.9 Å². The van der Waals surface area contributed by atoms with Crippen molar-refractivity contribution in [2.75, 3.05) is 62.0 Å². The highest BCUT2D eigenvalue weighted by molar-refractivity contribution is 6.37. The third-order valence-electron chi connectivity index (χ3n) is 7.78. The van der Waals surface area contributed by atoms with Gasteiger partial charge in [0.25, 0.3) is 0 Å². The lowest BCUT2D eigenvalue weighted by atomic mass is 10.0. The fourth-order valence-electron chi connectivity index (χ4n) is 5.08. The van der Waals surface area contributed by atoms with Crippen molar-refractivity contribution in [1.82, 2.24) is 14.9 Å². The third kappa shape index (κ3) is 7.65. The Morgan fingerprint density at radius 3 is 2.47 bits per heavy atom. The first-order chi connectivity index (χ1) is 20.7. The maximum atomic E-state index is 13.4. The lowest BCUT2D eigenvalue weighted by Crippen LogP contribution is -2.46. The Morgan fingerprint density at radius 1 is 1.07 bits per heavy atom. The first-order valence-electron chi connectivity index (χ1n) is 14.3. The number of amides is 2. The summed E-state index contributed by atoms with van der Waals surface area (Å²) in [5, 5.41) is 3.74. The molecular weight excluding hydrogens is 587 g/mol. The minimum atomic E-state index is -0.288. The molecule has 43 heavy (non-hydrogen) atoms. The van der Waals surface area contributed by atoms with Crippen LogP contribution in [-0.2, 0) is 28.9 Å². The van der Waals surface area contributed by atoms with Crippen molar-refractivity contribution < 1.29 is 14.3 Å². The van der Waals surface area contributed by atoms with Crippen LogP contribution in [-0.4, -0.2) is 73.6 Å². The van der Waals surface area contributed by atoms with Crippen molar-refractivity contribution in [3.8, 4) is 5.75 Å². The van der Waals surface area contributed by atoms with Crippen molar-refractivity contribution in [1.29, 1.82) is 0 Å².